The highest BCUT2D eigenvalue weighted by molar-refractivity contribution is 7.93. The Morgan fingerprint density at radius 3 is 2.77 bits per heavy atom. The van der Waals surface area contributed by atoms with Crippen LogP contribution in [-0.4, -0.2) is 43.1 Å². The van der Waals surface area contributed by atoms with E-state index in [4.69, 9.17) is 11.6 Å². The number of aromatic nitrogens is 2. The summed E-state index contributed by atoms with van der Waals surface area (Å²) in [6.45, 7) is 2.37. The average molecular weight is 467 g/mol. The number of carbonyl (C=O) groups excluding carboxylic acids is 1. The fraction of sp³-hybridized carbons (Fsp3) is 0.381. The van der Waals surface area contributed by atoms with Crippen molar-refractivity contribution in [1.82, 2.24) is 15.3 Å². The average Bonchev–Trinajstić information content (AvgIpc) is 2.74. The van der Waals surface area contributed by atoms with E-state index < -0.39 is 27.6 Å². The van der Waals surface area contributed by atoms with E-state index in [2.05, 4.69) is 15.3 Å². The van der Waals surface area contributed by atoms with E-state index in [1.807, 2.05) is 11.0 Å². The number of benzene rings is 1. The number of rotatable bonds is 6. The molecule has 1 N–H and O–H groups in total. The zero-order chi connectivity index (χ0) is 22.6. The molecule has 2 atom stereocenters. The Morgan fingerprint density at radius 1 is 1.32 bits per heavy atom. The van der Waals surface area contributed by atoms with E-state index in [9.17, 15) is 17.6 Å². The molecule has 1 aromatic heterocycles. The van der Waals surface area contributed by atoms with E-state index in [-0.39, 0.29) is 16.8 Å². The van der Waals surface area contributed by atoms with Crippen LogP contribution >= 0.6 is 11.6 Å². The number of amides is 1. The van der Waals surface area contributed by atoms with Crippen LogP contribution in [0.1, 0.15) is 48.3 Å². The van der Waals surface area contributed by atoms with Gasteiger partial charge in [-0.05, 0) is 37.8 Å². The number of carbonyl (C=O) groups is 1. The maximum absolute atomic E-state index is 14.0. The van der Waals surface area contributed by atoms with Gasteiger partial charge in [0, 0.05) is 24.3 Å². The molecule has 0 radical (unpaired) electrons. The summed E-state index contributed by atoms with van der Waals surface area (Å²) in [6, 6.07) is 4.16. The third kappa shape index (κ3) is 6.01. The first-order valence-electron chi connectivity index (χ1n) is 9.87. The normalized spacial score (nSPS) is 18.2. The van der Waals surface area contributed by atoms with Crippen LogP contribution in [0.15, 0.2) is 42.1 Å². The van der Waals surface area contributed by atoms with E-state index in [1.54, 1.807) is 13.0 Å². The Labute approximate surface area is 186 Å². The Balaban J connectivity index is 1.75. The lowest BCUT2D eigenvalue weighted by atomic mass is 9.95. The van der Waals surface area contributed by atoms with Gasteiger partial charge in [0.15, 0.2) is 9.84 Å². The van der Waals surface area contributed by atoms with Crippen molar-refractivity contribution >= 4 is 33.2 Å². The summed E-state index contributed by atoms with van der Waals surface area (Å²) in [7, 11) is -3.27. The van der Waals surface area contributed by atoms with Gasteiger partial charge in [0.2, 0.25) is 0 Å². The van der Waals surface area contributed by atoms with Gasteiger partial charge in [0.1, 0.15) is 17.3 Å². The fourth-order valence-corrected chi connectivity index (χ4v) is 4.26. The summed E-state index contributed by atoms with van der Waals surface area (Å²) in [5.74, 6) is -0.346. The van der Waals surface area contributed by atoms with Crippen LogP contribution < -0.4 is 10.2 Å². The first kappa shape index (κ1) is 23.1. The summed E-state index contributed by atoms with van der Waals surface area (Å²) in [4.78, 5) is 23.0. The molecule has 1 aliphatic heterocycles. The third-order valence-electron chi connectivity index (χ3n) is 4.98. The molecule has 7 nitrogen and oxygen atoms in total. The number of hydrogen-bond acceptors (Lipinski definition) is 6. The van der Waals surface area contributed by atoms with E-state index in [1.165, 1.54) is 24.5 Å². The minimum Gasteiger partial charge on any atom is -0.348 e. The molecule has 3 rings (SSSR count). The van der Waals surface area contributed by atoms with Crippen LogP contribution in [0, 0.1) is 5.82 Å². The SMILES string of the molecule is C[C@H](/C=C/S(C)(=O)=O)NC(=O)c1cnc(N2CCCC[C@@H]2c2cccc(F)c2Cl)cn1. The highest BCUT2D eigenvalue weighted by Gasteiger charge is 2.28. The topological polar surface area (TPSA) is 92.3 Å². The predicted octanol–water partition coefficient (Wildman–Crippen LogP) is 3.68. The molecule has 2 heterocycles. The van der Waals surface area contributed by atoms with E-state index in [0.29, 0.717) is 17.9 Å². The van der Waals surface area contributed by atoms with Crippen LogP contribution in [0.25, 0.3) is 0 Å². The highest BCUT2D eigenvalue weighted by Crippen LogP contribution is 2.37. The smallest absolute Gasteiger partial charge is 0.271 e. The molecule has 1 fully saturated rings. The van der Waals surface area contributed by atoms with Gasteiger partial charge >= 0.3 is 0 Å². The monoisotopic (exact) mass is 466 g/mol. The first-order valence-corrected chi connectivity index (χ1v) is 12.2. The lowest BCUT2D eigenvalue weighted by Gasteiger charge is -2.37. The zero-order valence-corrected chi connectivity index (χ0v) is 18.8. The van der Waals surface area contributed by atoms with Gasteiger partial charge in [-0.2, -0.15) is 0 Å². The van der Waals surface area contributed by atoms with Crippen LogP contribution in [0.3, 0.4) is 0 Å². The molecular formula is C21H24ClFN4O3S. The van der Waals surface area contributed by atoms with Crippen molar-refractivity contribution in [3.05, 3.63) is 64.2 Å². The molecule has 1 aromatic carbocycles. The van der Waals surface area contributed by atoms with Crippen LogP contribution in [0.2, 0.25) is 5.02 Å². The number of anilines is 1. The highest BCUT2D eigenvalue weighted by atomic mass is 35.5. The molecule has 10 heteroatoms. The lowest BCUT2D eigenvalue weighted by Crippen LogP contribution is -2.35. The van der Waals surface area contributed by atoms with Crippen LogP contribution in [0.5, 0.6) is 0 Å². The molecule has 0 saturated carbocycles. The fourth-order valence-electron chi connectivity index (χ4n) is 3.48. The molecular weight excluding hydrogens is 443 g/mol. The van der Waals surface area contributed by atoms with Crippen molar-refractivity contribution in [2.45, 2.75) is 38.3 Å². The quantitative estimate of drug-likeness (QED) is 0.698. The molecule has 1 aliphatic rings. The largest absolute Gasteiger partial charge is 0.348 e. The van der Waals surface area contributed by atoms with Gasteiger partial charge < -0.3 is 10.2 Å². The summed E-state index contributed by atoms with van der Waals surface area (Å²) in [5, 5.41) is 3.80. The number of sulfone groups is 1. The predicted molar refractivity (Wildman–Crippen MR) is 118 cm³/mol. The van der Waals surface area contributed by atoms with Gasteiger partial charge in [-0.15, -0.1) is 0 Å². The number of piperidine rings is 1. The van der Waals surface area contributed by atoms with Crippen molar-refractivity contribution in [1.29, 1.82) is 0 Å². The molecule has 1 saturated heterocycles. The van der Waals surface area contributed by atoms with Gasteiger partial charge in [-0.3, -0.25) is 4.79 Å². The summed E-state index contributed by atoms with van der Waals surface area (Å²) in [5.41, 5.74) is 0.817. The second-order valence-electron chi connectivity index (χ2n) is 7.53. The minimum atomic E-state index is -3.27. The van der Waals surface area contributed by atoms with Crippen molar-refractivity contribution < 1.29 is 17.6 Å². The molecule has 31 heavy (non-hydrogen) atoms. The standard InChI is InChI=1S/C21H24ClFN4O3S/c1-14(9-11-31(2,29)30)26-21(28)17-12-25-19(13-24-17)27-10-4-3-8-18(27)15-6-5-7-16(23)20(15)22/h5-7,9,11-14,18H,3-4,8,10H2,1-2H3,(H,26,28)/b11-9+/t14-,18-/m1/s1. The Hall–Kier alpha value is -2.52. The Kier molecular flexibility index (Phi) is 7.27. The number of hydrogen-bond donors (Lipinski definition) is 1. The van der Waals surface area contributed by atoms with Crippen molar-refractivity contribution in [2.75, 3.05) is 17.7 Å². The van der Waals surface area contributed by atoms with Gasteiger partial charge in [-0.25, -0.2) is 22.8 Å². The van der Waals surface area contributed by atoms with Crippen molar-refractivity contribution in [3.63, 3.8) is 0 Å². The van der Waals surface area contributed by atoms with Crippen molar-refractivity contribution in [3.8, 4) is 0 Å². The molecule has 0 unspecified atom stereocenters. The third-order valence-corrected chi connectivity index (χ3v) is 6.03. The van der Waals surface area contributed by atoms with E-state index >= 15 is 0 Å². The van der Waals surface area contributed by atoms with Crippen LogP contribution in [0.4, 0.5) is 10.2 Å². The molecule has 1 amide bonds. The number of nitrogens with one attached hydrogen (secondary N) is 1. The summed E-state index contributed by atoms with van der Waals surface area (Å²) >= 11 is 6.21. The summed E-state index contributed by atoms with van der Waals surface area (Å²) < 4.78 is 36.4. The second kappa shape index (κ2) is 9.74. The lowest BCUT2D eigenvalue weighted by molar-refractivity contribution is 0.0941. The second-order valence-corrected chi connectivity index (χ2v) is 9.84. The zero-order valence-electron chi connectivity index (χ0n) is 17.3. The molecule has 166 valence electrons. The number of halogens is 2. The maximum Gasteiger partial charge on any atom is 0.271 e. The summed E-state index contributed by atoms with van der Waals surface area (Å²) in [6.07, 6.45) is 8.09. The van der Waals surface area contributed by atoms with Crippen molar-refractivity contribution in [2.24, 2.45) is 0 Å². The minimum absolute atomic E-state index is 0.111. The van der Waals surface area contributed by atoms with Gasteiger partial charge in [0.25, 0.3) is 5.91 Å². The molecule has 0 aliphatic carbocycles. The van der Waals surface area contributed by atoms with E-state index in [0.717, 1.165) is 30.9 Å². The Bertz CT molecular complexity index is 1080. The first-order chi connectivity index (χ1) is 14.7. The van der Waals surface area contributed by atoms with Gasteiger partial charge in [0.05, 0.1) is 23.5 Å². The maximum atomic E-state index is 14.0. The van der Waals surface area contributed by atoms with Crippen LogP contribution in [-0.2, 0) is 9.84 Å². The Morgan fingerprint density at radius 2 is 2.10 bits per heavy atom. The molecule has 0 spiro atoms. The number of nitrogens with zero attached hydrogens (tertiary/aromatic N) is 3. The molecule has 2 aromatic rings. The van der Waals surface area contributed by atoms with Gasteiger partial charge in [-0.1, -0.05) is 29.8 Å². The molecule has 0 bridgehead atoms.